The van der Waals surface area contributed by atoms with Crippen molar-refractivity contribution in [3.63, 3.8) is 0 Å². The molecule has 1 atom stereocenters. The van der Waals surface area contributed by atoms with E-state index in [1.807, 2.05) is 0 Å². The van der Waals surface area contributed by atoms with E-state index in [1.54, 1.807) is 6.92 Å². The molecule has 0 heterocycles. The zero-order valence-corrected chi connectivity index (χ0v) is 9.94. The number of carbonyl (C=O) groups is 2. The van der Waals surface area contributed by atoms with E-state index >= 15 is 0 Å². The van der Waals surface area contributed by atoms with Crippen molar-refractivity contribution in [1.29, 1.82) is 0 Å². The van der Waals surface area contributed by atoms with Crippen molar-refractivity contribution in [3.05, 3.63) is 10.1 Å². The Morgan fingerprint density at radius 3 is 2.76 bits per heavy atom. The van der Waals surface area contributed by atoms with Crippen LogP contribution in [0.3, 0.4) is 0 Å². The molecule has 1 fully saturated rings. The molecule has 0 aliphatic heterocycles. The van der Waals surface area contributed by atoms with E-state index in [2.05, 4.69) is 0 Å². The molecule has 1 unspecified atom stereocenters. The number of carbonyl (C=O) groups excluding carboxylic acids is 2. The summed E-state index contributed by atoms with van der Waals surface area (Å²) >= 11 is 0. The molecule has 0 radical (unpaired) electrons. The van der Waals surface area contributed by atoms with Crippen molar-refractivity contribution in [2.24, 2.45) is 0 Å². The van der Waals surface area contributed by atoms with Gasteiger partial charge in [0.05, 0.1) is 13.0 Å². The highest BCUT2D eigenvalue weighted by molar-refractivity contribution is 5.88. The minimum absolute atomic E-state index is 0.0440. The molecule has 0 aromatic heterocycles. The Hall–Kier alpha value is -1.46. The van der Waals surface area contributed by atoms with Gasteiger partial charge in [-0.15, -0.1) is 0 Å². The lowest BCUT2D eigenvalue weighted by atomic mass is 9.78. The van der Waals surface area contributed by atoms with Gasteiger partial charge in [-0.05, 0) is 19.8 Å². The molecule has 6 heteroatoms. The second kappa shape index (κ2) is 5.75. The molecule has 1 aliphatic carbocycles. The van der Waals surface area contributed by atoms with Gasteiger partial charge in [-0.25, -0.2) is 0 Å². The Bertz CT molecular complexity index is 328. The number of esters is 1. The number of nitrogens with zero attached hydrogens (tertiary/aromatic N) is 1. The van der Waals surface area contributed by atoms with Gasteiger partial charge in [0.1, 0.15) is 0 Å². The van der Waals surface area contributed by atoms with Gasteiger partial charge >= 0.3 is 5.97 Å². The predicted molar refractivity (Wildman–Crippen MR) is 59.1 cm³/mol. The zero-order chi connectivity index (χ0) is 12.9. The molecular weight excluding hydrogens is 226 g/mol. The van der Waals surface area contributed by atoms with Gasteiger partial charge in [-0.3, -0.25) is 19.7 Å². The van der Waals surface area contributed by atoms with Crippen molar-refractivity contribution < 1.29 is 19.2 Å². The van der Waals surface area contributed by atoms with Crippen LogP contribution in [0, 0.1) is 10.1 Å². The number of ether oxygens (including phenoxy) is 1. The number of hydrogen-bond donors (Lipinski definition) is 0. The second-order valence-corrected chi connectivity index (χ2v) is 4.22. The molecule has 17 heavy (non-hydrogen) atoms. The number of ketones is 1. The standard InChI is InChI=1S/C11H17NO5/c1-2-17-10(14)6-8-11(12(15)16)7-4-3-5-9(11)13/h2-8H2,1H3. The Kier molecular flexibility index (Phi) is 4.60. The van der Waals surface area contributed by atoms with Gasteiger partial charge < -0.3 is 4.74 Å². The van der Waals surface area contributed by atoms with E-state index in [4.69, 9.17) is 4.74 Å². The highest BCUT2D eigenvalue weighted by Gasteiger charge is 2.51. The third-order valence-corrected chi connectivity index (χ3v) is 3.16. The summed E-state index contributed by atoms with van der Waals surface area (Å²) in [6.07, 6.45) is 1.73. The van der Waals surface area contributed by atoms with Gasteiger partial charge in [0.25, 0.3) is 5.54 Å². The normalized spacial score (nSPS) is 24.4. The van der Waals surface area contributed by atoms with Gasteiger partial charge in [-0.2, -0.15) is 0 Å². The van der Waals surface area contributed by atoms with Crippen molar-refractivity contribution >= 4 is 11.8 Å². The smallest absolute Gasteiger partial charge is 0.306 e. The largest absolute Gasteiger partial charge is 0.466 e. The van der Waals surface area contributed by atoms with Crippen molar-refractivity contribution in [2.45, 2.75) is 51.0 Å². The summed E-state index contributed by atoms with van der Waals surface area (Å²) in [5, 5.41) is 11.1. The fraction of sp³-hybridized carbons (Fsp3) is 0.818. The van der Waals surface area contributed by atoms with Gasteiger partial charge in [-0.1, -0.05) is 0 Å². The molecular formula is C11H17NO5. The minimum atomic E-state index is -1.55. The summed E-state index contributed by atoms with van der Waals surface area (Å²) < 4.78 is 4.72. The number of Topliss-reactive ketones (excluding diaryl/α,β-unsaturated/α-hetero) is 1. The van der Waals surface area contributed by atoms with Gasteiger partial charge in [0, 0.05) is 24.2 Å². The summed E-state index contributed by atoms with van der Waals surface area (Å²) in [5.74, 6) is -0.829. The number of rotatable bonds is 5. The Labute approximate surface area is 99.5 Å². The third kappa shape index (κ3) is 3.01. The SMILES string of the molecule is CCOC(=O)CCC1([N+](=O)[O-])CCCCC1=O. The lowest BCUT2D eigenvalue weighted by molar-refractivity contribution is -0.555. The highest BCUT2D eigenvalue weighted by atomic mass is 16.6. The first-order chi connectivity index (χ1) is 8.03. The first kappa shape index (κ1) is 13.6. The summed E-state index contributed by atoms with van der Waals surface area (Å²) in [5.41, 5.74) is -1.55. The summed E-state index contributed by atoms with van der Waals surface area (Å²) in [4.78, 5) is 33.5. The molecule has 6 nitrogen and oxygen atoms in total. The van der Waals surface area contributed by atoms with Crippen LogP contribution in [0.2, 0.25) is 0 Å². The summed E-state index contributed by atoms with van der Waals surface area (Å²) in [6, 6.07) is 0. The maximum absolute atomic E-state index is 11.7. The minimum Gasteiger partial charge on any atom is -0.466 e. The molecule has 0 bridgehead atoms. The first-order valence-electron chi connectivity index (χ1n) is 5.86. The lowest BCUT2D eigenvalue weighted by Gasteiger charge is -2.27. The fourth-order valence-corrected chi connectivity index (χ4v) is 2.17. The van der Waals surface area contributed by atoms with E-state index < -0.39 is 16.4 Å². The summed E-state index contributed by atoms with van der Waals surface area (Å²) in [6.45, 7) is 1.92. The van der Waals surface area contributed by atoms with Crippen LogP contribution in [0.4, 0.5) is 0 Å². The average molecular weight is 243 g/mol. The maximum atomic E-state index is 11.7. The molecule has 0 spiro atoms. The number of nitro groups is 1. The van der Waals surface area contributed by atoms with Crippen LogP contribution in [0.1, 0.15) is 45.4 Å². The van der Waals surface area contributed by atoms with Crippen LogP contribution in [0.15, 0.2) is 0 Å². The zero-order valence-electron chi connectivity index (χ0n) is 9.94. The Balaban J connectivity index is 2.68. The first-order valence-corrected chi connectivity index (χ1v) is 5.86. The molecule has 1 rings (SSSR count). The monoisotopic (exact) mass is 243 g/mol. The van der Waals surface area contributed by atoms with Crippen LogP contribution in [0.25, 0.3) is 0 Å². The quantitative estimate of drug-likeness (QED) is 0.414. The molecule has 0 aromatic rings. The van der Waals surface area contributed by atoms with Gasteiger partial charge in [0.2, 0.25) is 5.78 Å². The van der Waals surface area contributed by atoms with Crippen LogP contribution >= 0.6 is 0 Å². The van der Waals surface area contributed by atoms with Crippen molar-refractivity contribution in [1.82, 2.24) is 0 Å². The number of hydrogen-bond acceptors (Lipinski definition) is 5. The predicted octanol–water partition coefficient (Wildman–Crippen LogP) is 1.49. The third-order valence-electron chi connectivity index (χ3n) is 3.16. The van der Waals surface area contributed by atoms with E-state index in [9.17, 15) is 19.7 Å². The van der Waals surface area contributed by atoms with E-state index in [0.29, 0.717) is 12.8 Å². The topological polar surface area (TPSA) is 86.5 Å². The van der Waals surface area contributed by atoms with Crippen molar-refractivity contribution in [3.8, 4) is 0 Å². The summed E-state index contributed by atoms with van der Waals surface area (Å²) in [7, 11) is 0. The van der Waals surface area contributed by atoms with Crippen molar-refractivity contribution in [2.75, 3.05) is 6.61 Å². The van der Waals surface area contributed by atoms with Crippen LogP contribution in [-0.2, 0) is 14.3 Å². The van der Waals surface area contributed by atoms with Gasteiger partial charge in [0.15, 0.2) is 0 Å². The molecule has 0 saturated heterocycles. The molecule has 0 amide bonds. The molecule has 1 saturated carbocycles. The van der Waals surface area contributed by atoms with E-state index in [0.717, 1.165) is 0 Å². The maximum Gasteiger partial charge on any atom is 0.306 e. The molecule has 96 valence electrons. The van der Waals surface area contributed by atoms with E-state index in [-0.39, 0.29) is 38.1 Å². The van der Waals surface area contributed by atoms with E-state index in [1.165, 1.54) is 0 Å². The van der Waals surface area contributed by atoms with Crippen LogP contribution < -0.4 is 0 Å². The van der Waals surface area contributed by atoms with Crippen LogP contribution in [-0.4, -0.2) is 28.8 Å². The molecule has 0 N–H and O–H groups in total. The Morgan fingerprint density at radius 2 is 2.24 bits per heavy atom. The van der Waals surface area contributed by atoms with Crippen LogP contribution in [0.5, 0.6) is 0 Å². The average Bonchev–Trinajstić information content (AvgIpc) is 2.28. The second-order valence-electron chi connectivity index (χ2n) is 4.22. The highest BCUT2D eigenvalue weighted by Crippen LogP contribution is 2.32. The fourth-order valence-electron chi connectivity index (χ4n) is 2.17. The molecule has 0 aromatic carbocycles. The molecule has 1 aliphatic rings. The lowest BCUT2D eigenvalue weighted by Crippen LogP contribution is -2.48. The Morgan fingerprint density at radius 1 is 1.53 bits per heavy atom.